The van der Waals surface area contributed by atoms with E-state index in [2.05, 4.69) is 5.32 Å². The predicted molar refractivity (Wildman–Crippen MR) is 152 cm³/mol. The molecule has 0 saturated carbocycles. The molecular weight excluding hydrogens is 545 g/mol. The van der Waals surface area contributed by atoms with Gasteiger partial charge in [0.15, 0.2) is 0 Å². The number of rotatable bonds is 10. The van der Waals surface area contributed by atoms with Crippen LogP contribution < -0.4 is 9.62 Å². The van der Waals surface area contributed by atoms with Crippen LogP contribution in [0.4, 0.5) is 5.69 Å². The summed E-state index contributed by atoms with van der Waals surface area (Å²) >= 11 is 12.7. The number of halogens is 2. The molecule has 38 heavy (non-hydrogen) atoms. The summed E-state index contributed by atoms with van der Waals surface area (Å²) in [6, 6.07) is 17.4. The van der Waals surface area contributed by atoms with Crippen LogP contribution in [0.3, 0.4) is 0 Å². The Balaban J connectivity index is 2.09. The van der Waals surface area contributed by atoms with E-state index < -0.39 is 28.5 Å². The number of aryl methyl sites for hydroxylation is 1. The molecule has 0 heterocycles. The van der Waals surface area contributed by atoms with Crippen LogP contribution in [0.2, 0.25) is 10.0 Å². The van der Waals surface area contributed by atoms with Gasteiger partial charge in [0.05, 0.1) is 10.6 Å². The molecular formula is C28H31Cl2N3O4S. The van der Waals surface area contributed by atoms with Gasteiger partial charge in [-0.15, -0.1) is 0 Å². The van der Waals surface area contributed by atoms with Crippen molar-refractivity contribution < 1.29 is 18.0 Å². The summed E-state index contributed by atoms with van der Waals surface area (Å²) in [7, 11) is -4.18. The molecule has 0 saturated heterocycles. The molecule has 0 aliphatic heterocycles. The largest absolute Gasteiger partial charge is 0.355 e. The fourth-order valence-corrected chi connectivity index (χ4v) is 5.77. The van der Waals surface area contributed by atoms with Crippen molar-refractivity contribution in [2.75, 3.05) is 17.4 Å². The monoisotopic (exact) mass is 575 g/mol. The minimum Gasteiger partial charge on any atom is -0.355 e. The Bertz CT molecular complexity index is 1410. The molecule has 10 heteroatoms. The third-order valence-corrected chi connectivity index (χ3v) is 8.76. The maximum Gasteiger partial charge on any atom is 0.264 e. The summed E-state index contributed by atoms with van der Waals surface area (Å²) in [6.07, 6.45) is 0. The number of likely N-dealkylation sites (N-methyl/N-ethyl adjacent to an activating group) is 1. The average Bonchev–Trinajstić information content (AvgIpc) is 2.88. The summed E-state index contributed by atoms with van der Waals surface area (Å²) in [5.41, 5.74) is 2.31. The van der Waals surface area contributed by atoms with Gasteiger partial charge in [0, 0.05) is 23.1 Å². The first-order valence-corrected chi connectivity index (χ1v) is 14.3. The van der Waals surface area contributed by atoms with Gasteiger partial charge < -0.3 is 10.2 Å². The first kappa shape index (κ1) is 29.5. The molecule has 2 amide bonds. The van der Waals surface area contributed by atoms with E-state index in [0.717, 1.165) is 9.87 Å². The van der Waals surface area contributed by atoms with Crippen LogP contribution in [-0.2, 0) is 26.2 Å². The van der Waals surface area contributed by atoms with Crippen molar-refractivity contribution in [3.8, 4) is 0 Å². The zero-order valence-electron chi connectivity index (χ0n) is 21.7. The van der Waals surface area contributed by atoms with E-state index in [0.29, 0.717) is 27.7 Å². The molecule has 3 aromatic carbocycles. The van der Waals surface area contributed by atoms with Gasteiger partial charge in [0.2, 0.25) is 11.8 Å². The molecule has 0 unspecified atom stereocenters. The van der Waals surface area contributed by atoms with Gasteiger partial charge >= 0.3 is 0 Å². The Morgan fingerprint density at radius 3 is 2.18 bits per heavy atom. The van der Waals surface area contributed by atoms with Crippen molar-refractivity contribution >= 4 is 50.7 Å². The Morgan fingerprint density at radius 1 is 0.921 bits per heavy atom. The highest BCUT2D eigenvalue weighted by Gasteiger charge is 2.33. The molecule has 0 aromatic heterocycles. The Kier molecular flexibility index (Phi) is 9.82. The topological polar surface area (TPSA) is 86.8 Å². The van der Waals surface area contributed by atoms with Gasteiger partial charge in [-0.25, -0.2) is 8.42 Å². The van der Waals surface area contributed by atoms with Crippen molar-refractivity contribution in [2.24, 2.45) is 0 Å². The molecule has 3 rings (SSSR count). The van der Waals surface area contributed by atoms with Crippen LogP contribution in [0.1, 0.15) is 30.5 Å². The average molecular weight is 577 g/mol. The number of nitrogens with zero attached hydrogens (tertiary/aromatic N) is 2. The predicted octanol–water partition coefficient (Wildman–Crippen LogP) is 5.36. The van der Waals surface area contributed by atoms with Gasteiger partial charge in [-0.3, -0.25) is 13.9 Å². The number of carbonyl (C=O) groups excluding carboxylic acids is 2. The van der Waals surface area contributed by atoms with E-state index in [9.17, 15) is 18.0 Å². The fourth-order valence-electron chi connectivity index (χ4n) is 3.93. The van der Waals surface area contributed by atoms with Gasteiger partial charge in [-0.2, -0.15) is 0 Å². The van der Waals surface area contributed by atoms with E-state index in [1.807, 2.05) is 6.92 Å². The molecule has 0 fully saturated rings. The van der Waals surface area contributed by atoms with Gasteiger partial charge in [-0.1, -0.05) is 65.2 Å². The molecule has 3 aromatic rings. The summed E-state index contributed by atoms with van der Waals surface area (Å²) in [4.78, 5) is 28.0. The third-order valence-electron chi connectivity index (χ3n) is 6.21. The van der Waals surface area contributed by atoms with Crippen molar-refractivity contribution in [3.63, 3.8) is 0 Å². The number of benzene rings is 3. The van der Waals surface area contributed by atoms with E-state index in [1.165, 1.54) is 17.0 Å². The lowest BCUT2D eigenvalue weighted by Crippen LogP contribution is -2.51. The molecule has 0 aliphatic carbocycles. The molecule has 7 nitrogen and oxygen atoms in total. The lowest BCUT2D eigenvalue weighted by Gasteiger charge is -2.32. The first-order valence-electron chi connectivity index (χ1n) is 12.1. The number of nitrogens with one attached hydrogen (secondary N) is 1. The highest BCUT2D eigenvalue weighted by atomic mass is 35.5. The summed E-state index contributed by atoms with van der Waals surface area (Å²) < 4.78 is 28.8. The number of sulfonamides is 1. The first-order chi connectivity index (χ1) is 18.0. The Labute approximate surface area is 234 Å². The number of amides is 2. The van der Waals surface area contributed by atoms with Gasteiger partial charge in [0.25, 0.3) is 10.0 Å². The van der Waals surface area contributed by atoms with Gasteiger partial charge in [-0.05, 0) is 69.2 Å². The number of hydrogen-bond acceptors (Lipinski definition) is 4. The summed E-state index contributed by atoms with van der Waals surface area (Å²) in [6.45, 7) is 6.78. The smallest absolute Gasteiger partial charge is 0.264 e. The maximum absolute atomic E-state index is 13.9. The highest BCUT2D eigenvalue weighted by molar-refractivity contribution is 7.92. The lowest BCUT2D eigenvalue weighted by atomic mass is 10.1. The minimum atomic E-state index is -4.18. The number of carbonyl (C=O) groups is 2. The van der Waals surface area contributed by atoms with Crippen LogP contribution in [0, 0.1) is 13.8 Å². The Morgan fingerprint density at radius 2 is 1.55 bits per heavy atom. The molecule has 0 spiro atoms. The second-order valence-electron chi connectivity index (χ2n) is 8.89. The van der Waals surface area contributed by atoms with E-state index >= 15 is 0 Å². The third kappa shape index (κ3) is 6.67. The molecule has 0 bridgehead atoms. The normalized spacial score (nSPS) is 12.1. The second kappa shape index (κ2) is 12.7. The lowest BCUT2D eigenvalue weighted by molar-refractivity contribution is -0.139. The molecule has 202 valence electrons. The highest BCUT2D eigenvalue weighted by Crippen LogP contribution is 2.31. The van der Waals surface area contributed by atoms with Crippen LogP contribution in [-0.4, -0.2) is 44.3 Å². The Hall–Kier alpha value is -3.07. The van der Waals surface area contributed by atoms with Crippen LogP contribution in [0.5, 0.6) is 0 Å². The maximum atomic E-state index is 13.9. The van der Waals surface area contributed by atoms with Crippen molar-refractivity contribution in [3.05, 3.63) is 93.5 Å². The standard InChI is InChI=1S/C28H31Cl2N3O4S/c1-5-31-28(35)21(4)32(17-22-9-6-7-10-25(22)30)27(34)18-33(26-12-8-11-24(29)20(26)3)38(36,37)23-15-13-19(2)14-16-23/h6-16,21H,5,17-18H2,1-4H3,(H,31,35)/t21-/m1/s1. The van der Waals surface area contributed by atoms with E-state index in [-0.39, 0.29) is 23.0 Å². The van der Waals surface area contributed by atoms with Crippen LogP contribution in [0.25, 0.3) is 0 Å². The quantitative estimate of drug-likeness (QED) is 0.352. The van der Waals surface area contributed by atoms with Crippen molar-refractivity contribution in [2.45, 2.75) is 45.2 Å². The number of anilines is 1. The summed E-state index contributed by atoms with van der Waals surface area (Å²) in [5.74, 6) is -0.932. The zero-order chi connectivity index (χ0) is 28.0. The zero-order valence-corrected chi connectivity index (χ0v) is 24.1. The van der Waals surface area contributed by atoms with E-state index in [1.54, 1.807) is 75.4 Å². The molecule has 1 atom stereocenters. The van der Waals surface area contributed by atoms with Crippen LogP contribution >= 0.6 is 23.2 Å². The van der Waals surface area contributed by atoms with Crippen molar-refractivity contribution in [1.82, 2.24) is 10.2 Å². The van der Waals surface area contributed by atoms with E-state index in [4.69, 9.17) is 23.2 Å². The second-order valence-corrected chi connectivity index (χ2v) is 11.6. The van der Waals surface area contributed by atoms with Crippen LogP contribution in [0.15, 0.2) is 71.6 Å². The SMILES string of the molecule is CCNC(=O)[C@@H](C)N(Cc1ccccc1Cl)C(=O)CN(c1cccc(Cl)c1C)S(=O)(=O)c1ccc(C)cc1. The minimum absolute atomic E-state index is 0.0176. The molecule has 0 aliphatic rings. The number of hydrogen-bond donors (Lipinski definition) is 1. The summed E-state index contributed by atoms with van der Waals surface area (Å²) in [5, 5.41) is 3.53. The fraction of sp³-hybridized carbons (Fsp3) is 0.286. The van der Waals surface area contributed by atoms with Crippen molar-refractivity contribution in [1.29, 1.82) is 0 Å². The van der Waals surface area contributed by atoms with Gasteiger partial charge in [0.1, 0.15) is 12.6 Å². The molecule has 1 N–H and O–H groups in total. The molecule has 0 radical (unpaired) electrons.